The van der Waals surface area contributed by atoms with Gasteiger partial charge in [0.25, 0.3) is 0 Å². The molecule has 4 nitrogen and oxygen atoms in total. The van der Waals surface area contributed by atoms with Crippen LogP contribution in [0, 0.1) is 0 Å². The maximum atomic E-state index is 4.60. The third-order valence-corrected chi connectivity index (χ3v) is 3.88. The SMILES string of the molecule is CNCc1cccc(CSc2nc3cccccc-3n2)n1. The Morgan fingerprint density at radius 3 is 2.29 bits per heavy atom. The molecule has 0 aromatic carbocycles. The average Bonchev–Trinajstić information content (AvgIpc) is 2.76. The van der Waals surface area contributed by atoms with Crippen molar-refractivity contribution in [1.29, 1.82) is 0 Å². The maximum Gasteiger partial charge on any atom is 0.189 e. The normalized spacial score (nSPS) is 10.9. The van der Waals surface area contributed by atoms with Crippen LogP contribution in [0.1, 0.15) is 11.4 Å². The Balaban J connectivity index is 1.72. The van der Waals surface area contributed by atoms with Crippen molar-refractivity contribution in [1.82, 2.24) is 20.3 Å². The topological polar surface area (TPSA) is 50.7 Å². The van der Waals surface area contributed by atoms with Crippen LogP contribution in [0.4, 0.5) is 0 Å². The van der Waals surface area contributed by atoms with Crippen LogP contribution in [0.2, 0.25) is 0 Å². The summed E-state index contributed by atoms with van der Waals surface area (Å²) in [6.45, 7) is 0.784. The molecular formula is C16H16N4S. The molecule has 21 heavy (non-hydrogen) atoms. The van der Waals surface area contributed by atoms with Crippen LogP contribution in [0.3, 0.4) is 0 Å². The zero-order valence-electron chi connectivity index (χ0n) is 11.8. The fourth-order valence-corrected chi connectivity index (χ4v) is 2.80. The van der Waals surface area contributed by atoms with Gasteiger partial charge in [0.2, 0.25) is 0 Å². The summed E-state index contributed by atoms with van der Waals surface area (Å²) in [6.07, 6.45) is 0. The quantitative estimate of drug-likeness (QED) is 0.734. The van der Waals surface area contributed by atoms with Gasteiger partial charge in [0.05, 0.1) is 22.8 Å². The Labute approximate surface area is 128 Å². The van der Waals surface area contributed by atoms with Gasteiger partial charge in [-0.15, -0.1) is 0 Å². The van der Waals surface area contributed by atoms with Crippen molar-refractivity contribution in [2.75, 3.05) is 7.05 Å². The molecule has 0 saturated carbocycles. The fourth-order valence-electron chi connectivity index (χ4n) is 2.04. The van der Waals surface area contributed by atoms with Crippen LogP contribution < -0.4 is 5.32 Å². The zero-order chi connectivity index (χ0) is 14.5. The molecule has 5 heteroatoms. The van der Waals surface area contributed by atoms with E-state index in [2.05, 4.69) is 20.3 Å². The summed E-state index contributed by atoms with van der Waals surface area (Å²) in [5, 5.41) is 3.91. The highest BCUT2D eigenvalue weighted by molar-refractivity contribution is 7.98. The number of nitrogens with one attached hydrogen (secondary N) is 1. The molecule has 1 aliphatic carbocycles. The van der Waals surface area contributed by atoms with Crippen LogP contribution >= 0.6 is 11.8 Å². The average molecular weight is 296 g/mol. The zero-order valence-corrected chi connectivity index (χ0v) is 12.6. The van der Waals surface area contributed by atoms with E-state index in [4.69, 9.17) is 0 Å². The standard InChI is InChI=1S/C16H16N4S/c1-17-10-12-6-5-7-13(18-12)11-21-16-19-14-8-3-2-4-9-15(14)20-16/h2-9,17H,10-11H2,1H3. The van der Waals surface area contributed by atoms with E-state index in [-0.39, 0.29) is 0 Å². The lowest BCUT2D eigenvalue weighted by molar-refractivity contribution is 0.786. The summed E-state index contributed by atoms with van der Waals surface area (Å²) in [5.41, 5.74) is 3.96. The number of aromatic nitrogens is 3. The molecule has 0 bridgehead atoms. The molecule has 2 aliphatic rings. The Hall–Kier alpha value is -1.98. The number of fused-ring (bicyclic) bond motifs is 1. The molecule has 0 fully saturated rings. The molecule has 1 aliphatic heterocycles. The third-order valence-electron chi connectivity index (χ3n) is 3.00. The van der Waals surface area contributed by atoms with Crippen molar-refractivity contribution in [2.24, 2.45) is 0 Å². The Morgan fingerprint density at radius 2 is 1.57 bits per heavy atom. The summed E-state index contributed by atoms with van der Waals surface area (Å²) in [4.78, 5) is 13.7. The summed E-state index contributed by atoms with van der Waals surface area (Å²) in [7, 11) is 1.92. The predicted octanol–water partition coefficient (Wildman–Crippen LogP) is 2.99. The van der Waals surface area contributed by atoms with Crippen LogP contribution in [0.5, 0.6) is 0 Å². The van der Waals surface area contributed by atoms with E-state index < -0.39 is 0 Å². The lowest BCUT2D eigenvalue weighted by Crippen LogP contribution is -2.07. The number of hydrogen-bond donors (Lipinski definition) is 1. The van der Waals surface area contributed by atoms with Gasteiger partial charge in [0, 0.05) is 12.3 Å². The van der Waals surface area contributed by atoms with E-state index in [0.717, 1.165) is 40.2 Å². The third kappa shape index (κ3) is 3.56. The second kappa shape index (κ2) is 6.65. The molecule has 1 aromatic heterocycles. The molecule has 106 valence electrons. The van der Waals surface area contributed by atoms with Crippen molar-refractivity contribution in [3.8, 4) is 11.4 Å². The van der Waals surface area contributed by atoms with Crippen LogP contribution in [-0.4, -0.2) is 22.0 Å². The van der Waals surface area contributed by atoms with E-state index in [1.54, 1.807) is 11.8 Å². The second-order valence-corrected chi connectivity index (χ2v) is 5.57. The van der Waals surface area contributed by atoms with Crippen molar-refractivity contribution in [2.45, 2.75) is 17.5 Å². The lowest BCUT2D eigenvalue weighted by atomic mass is 10.3. The number of rotatable bonds is 5. The lowest BCUT2D eigenvalue weighted by Gasteiger charge is -2.02. The first-order valence-corrected chi connectivity index (χ1v) is 7.79. The first-order chi connectivity index (χ1) is 10.3. The molecule has 0 radical (unpaired) electrons. The van der Waals surface area contributed by atoms with Gasteiger partial charge >= 0.3 is 0 Å². The molecule has 3 rings (SSSR count). The summed E-state index contributed by atoms with van der Waals surface area (Å²) < 4.78 is 0. The molecule has 0 saturated heterocycles. The summed E-state index contributed by atoms with van der Waals surface area (Å²) in [5.74, 6) is 0.778. The van der Waals surface area contributed by atoms with E-state index >= 15 is 0 Å². The van der Waals surface area contributed by atoms with Gasteiger partial charge < -0.3 is 5.32 Å². The highest BCUT2D eigenvalue weighted by Gasteiger charge is 2.09. The second-order valence-electron chi connectivity index (χ2n) is 4.63. The molecule has 0 amide bonds. The molecule has 0 unspecified atom stereocenters. The highest BCUT2D eigenvalue weighted by Crippen LogP contribution is 2.25. The molecule has 1 N–H and O–H groups in total. The predicted molar refractivity (Wildman–Crippen MR) is 85.2 cm³/mol. The molecule has 0 spiro atoms. The van der Waals surface area contributed by atoms with Crippen LogP contribution in [0.25, 0.3) is 11.4 Å². The number of hydrogen-bond acceptors (Lipinski definition) is 5. The maximum absolute atomic E-state index is 4.60. The number of imidazole rings is 1. The largest absolute Gasteiger partial charge is 0.314 e. The van der Waals surface area contributed by atoms with Crippen LogP contribution in [-0.2, 0) is 12.3 Å². The van der Waals surface area contributed by atoms with Gasteiger partial charge in [0.1, 0.15) is 0 Å². The first-order valence-electron chi connectivity index (χ1n) is 6.80. The minimum atomic E-state index is 0.778. The molecule has 2 heterocycles. The Morgan fingerprint density at radius 1 is 0.857 bits per heavy atom. The van der Waals surface area contributed by atoms with Gasteiger partial charge in [-0.25, -0.2) is 9.97 Å². The highest BCUT2D eigenvalue weighted by atomic mass is 32.2. The van der Waals surface area contributed by atoms with Crippen molar-refractivity contribution < 1.29 is 0 Å². The molecule has 1 aromatic rings. The minimum absolute atomic E-state index is 0.778. The summed E-state index contributed by atoms with van der Waals surface area (Å²) in [6, 6.07) is 16.0. The Kier molecular flexibility index (Phi) is 4.43. The number of nitrogens with zero attached hydrogens (tertiary/aromatic N) is 3. The smallest absolute Gasteiger partial charge is 0.189 e. The van der Waals surface area contributed by atoms with E-state index in [9.17, 15) is 0 Å². The molecule has 0 atom stereocenters. The van der Waals surface area contributed by atoms with Crippen LogP contribution in [0.15, 0.2) is 53.7 Å². The van der Waals surface area contributed by atoms with E-state index in [1.807, 2.05) is 55.6 Å². The van der Waals surface area contributed by atoms with E-state index in [1.165, 1.54) is 0 Å². The minimum Gasteiger partial charge on any atom is -0.314 e. The first kappa shape index (κ1) is 14.0. The van der Waals surface area contributed by atoms with Gasteiger partial charge in [-0.2, -0.15) is 0 Å². The monoisotopic (exact) mass is 296 g/mol. The van der Waals surface area contributed by atoms with Gasteiger partial charge in [-0.05, 0) is 31.3 Å². The van der Waals surface area contributed by atoms with Crippen molar-refractivity contribution >= 4 is 11.8 Å². The summed E-state index contributed by atoms with van der Waals surface area (Å²) >= 11 is 1.62. The Bertz CT molecular complexity index is 671. The number of thioether (sulfide) groups is 1. The molecular weight excluding hydrogens is 280 g/mol. The fraction of sp³-hybridized carbons (Fsp3) is 0.188. The van der Waals surface area contributed by atoms with Crippen molar-refractivity contribution in [3.05, 3.63) is 59.9 Å². The van der Waals surface area contributed by atoms with Crippen molar-refractivity contribution in [3.63, 3.8) is 0 Å². The number of pyridine rings is 1. The van der Waals surface area contributed by atoms with Gasteiger partial charge in [-0.3, -0.25) is 4.98 Å². The van der Waals surface area contributed by atoms with E-state index in [0.29, 0.717) is 0 Å². The van der Waals surface area contributed by atoms with Gasteiger partial charge in [-0.1, -0.05) is 36.0 Å². The van der Waals surface area contributed by atoms with Gasteiger partial charge in [0.15, 0.2) is 5.16 Å².